The zero-order valence-corrected chi connectivity index (χ0v) is 41.7. The summed E-state index contributed by atoms with van der Waals surface area (Å²) in [6, 6.07) is 0. The van der Waals surface area contributed by atoms with Gasteiger partial charge in [0.15, 0.2) is 0 Å². The van der Waals surface area contributed by atoms with Gasteiger partial charge in [-0.15, -0.1) is 0 Å². The minimum Gasteiger partial charge on any atom is -0.457 e. The molecule has 0 saturated carbocycles. The SMILES string of the molecule is CC/C=C\C/C=C\C/C=C\C/C=C\C/C=C\CCCCCCCCCCCCOCC(COP(=O)(O)OCCN)OC(=O)CCCCCCCCC/C=C\CCCCCCCCC. The van der Waals surface area contributed by atoms with Gasteiger partial charge in [0.2, 0.25) is 0 Å². The molecule has 0 aromatic rings. The molecule has 0 fully saturated rings. The van der Waals surface area contributed by atoms with E-state index in [4.69, 9.17) is 24.3 Å². The summed E-state index contributed by atoms with van der Waals surface area (Å²) in [7, 11) is -4.29. The Hall–Kier alpha value is -2.06. The van der Waals surface area contributed by atoms with Crippen molar-refractivity contribution >= 4 is 13.8 Å². The summed E-state index contributed by atoms with van der Waals surface area (Å²) in [5, 5.41) is 0. The highest BCUT2D eigenvalue weighted by atomic mass is 31.2. The first kappa shape index (κ1) is 60.9. The summed E-state index contributed by atoms with van der Waals surface area (Å²) in [5.74, 6) is -0.337. The molecule has 0 aromatic carbocycles. The molecule has 0 heterocycles. The number of hydrogen-bond acceptors (Lipinski definition) is 7. The Morgan fingerprint density at radius 2 is 0.889 bits per heavy atom. The van der Waals surface area contributed by atoms with Gasteiger partial charge >= 0.3 is 13.8 Å². The minimum absolute atomic E-state index is 0.0964. The van der Waals surface area contributed by atoms with Crippen molar-refractivity contribution in [1.82, 2.24) is 0 Å². The first-order chi connectivity index (χ1) is 30.9. The molecule has 8 nitrogen and oxygen atoms in total. The van der Waals surface area contributed by atoms with Gasteiger partial charge in [-0.05, 0) is 83.5 Å². The van der Waals surface area contributed by atoms with E-state index in [1.807, 2.05) is 0 Å². The van der Waals surface area contributed by atoms with Gasteiger partial charge in [0.25, 0.3) is 0 Å². The molecule has 366 valence electrons. The van der Waals surface area contributed by atoms with Crippen molar-refractivity contribution in [2.45, 2.75) is 232 Å². The van der Waals surface area contributed by atoms with Gasteiger partial charge in [-0.3, -0.25) is 13.8 Å². The number of unbranched alkanes of at least 4 members (excludes halogenated alkanes) is 24. The van der Waals surface area contributed by atoms with Crippen LogP contribution in [-0.4, -0.2) is 49.9 Å². The van der Waals surface area contributed by atoms with Crippen LogP contribution >= 0.6 is 7.82 Å². The fraction of sp³-hybridized carbons (Fsp3) is 0.759. The fourth-order valence-electron chi connectivity index (χ4n) is 7.08. The predicted molar refractivity (Wildman–Crippen MR) is 270 cm³/mol. The van der Waals surface area contributed by atoms with E-state index < -0.39 is 13.9 Å². The molecule has 2 unspecified atom stereocenters. The van der Waals surface area contributed by atoms with Gasteiger partial charge in [0, 0.05) is 19.6 Å². The third kappa shape index (κ3) is 50.8. The van der Waals surface area contributed by atoms with E-state index in [1.165, 1.54) is 141 Å². The van der Waals surface area contributed by atoms with Gasteiger partial charge in [-0.1, -0.05) is 209 Å². The smallest absolute Gasteiger partial charge is 0.457 e. The van der Waals surface area contributed by atoms with Crippen LogP contribution in [-0.2, 0) is 27.9 Å². The maximum absolute atomic E-state index is 12.7. The van der Waals surface area contributed by atoms with Crippen LogP contribution in [0.4, 0.5) is 0 Å². The summed E-state index contributed by atoms with van der Waals surface area (Å²) in [6.45, 7) is 4.80. The van der Waals surface area contributed by atoms with Crippen LogP contribution in [0, 0.1) is 0 Å². The number of phosphoric ester groups is 1. The highest BCUT2D eigenvalue weighted by Gasteiger charge is 2.25. The summed E-state index contributed by atoms with van der Waals surface area (Å²) >= 11 is 0. The Labute approximate surface area is 388 Å². The first-order valence-electron chi connectivity index (χ1n) is 25.9. The number of rotatable bonds is 49. The third-order valence-electron chi connectivity index (χ3n) is 10.9. The quantitative estimate of drug-likeness (QED) is 0.0268. The molecule has 3 N–H and O–H groups in total. The van der Waals surface area contributed by atoms with Crippen molar-refractivity contribution in [1.29, 1.82) is 0 Å². The van der Waals surface area contributed by atoms with Crippen LogP contribution in [0.5, 0.6) is 0 Å². The lowest BCUT2D eigenvalue weighted by atomic mass is 10.1. The van der Waals surface area contributed by atoms with E-state index in [1.54, 1.807) is 0 Å². The summed E-state index contributed by atoms with van der Waals surface area (Å²) in [4.78, 5) is 22.6. The van der Waals surface area contributed by atoms with Gasteiger partial charge in [0.1, 0.15) is 6.10 Å². The molecule has 0 aromatic heterocycles. The van der Waals surface area contributed by atoms with E-state index in [0.717, 1.165) is 64.2 Å². The van der Waals surface area contributed by atoms with Gasteiger partial charge in [-0.25, -0.2) is 4.57 Å². The van der Waals surface area contributed by atoms with Crippen molar-refractivity contribution in [2.75, 3.05) is 33.0 Å². The second-order valence-corrected chi connectivity index (χ2v) is 18.5. The average molecular weight is 904 g/mol. The number of nitrogens with two attached hydrogens (primary N) is 1. The highest BCUT2D eigenvalue weighted by Crippen LogP contribution is 2.43. The zero-order chi connectivity index (χ0) is 45.8. The van der Waals surface area contributed by atoms with Crippen molar-refractivity contribution in [3.63, 3.8) is 0 Å². The van der Waals surface area contributed by atoms with Gasteiger partial charge in [0.05, 0.1) is 19.8 Å². The molecule has 0 saturated heterocycles. The van der Waals surface area contributed by atoms with Crippen LogP contribution < -0.4 is 5.73 Å². The second kappa shape index (κ2) is 50.9. The molecular formula is C54H98NO7P. The Kier molecular flexibility index (Phi) is 49.3. The van der Waals surface area contributed by atoms with Crippen molar-refractivity contribution in [3.8, 4) is 0 Å². The van der Waals surface area contributed by atoms with Crippen LogP contribution in [0.1, 0.15) is 226 Å². The Balaban J connectivity index is 3.95. The fourth-order valence-corrected chi connectivity index (χ4v) is 7.84. The standard InChI is InChI=1S/C54H98NO7P/c1-3-5-7-9-11-13-15-17-19-21-23-24-25-26-27-28-29-30-32-34-36-38-40-42-44-46-49-59-51-53(52-61-63(57,58)60-50-48-55)62-54(56)47-45-43-41-39-37-35-33-31-22-20-18-16-14-12-10-8-6-4-2/h5,7,11,13,17,19-20,22-24,26-27,53H,3-4,6,8-10,12,14-16,18,21,25,28-52,55H2,1-2H3,(H,57,58)/b7-5-,13-11-,19-17-,22-20-,24-23-,27-26-. The van der Waals surface area contributed by atoms with Crippen molar-refractivity contribution in [3.05, 3.63) is 72.9 Å². The summed E-state index contributed by atoms with van der Waals surface area (Å²) in [5.41, 5.74) is 5.39. The van der Waals surface area contributed by atoms with E-state index >= 15 is 0 Å². The Bertz CT molecular complexity index is 1200. The molecule has 2 atom stereocenters. The van der Waals surface area contributed by atoms with E-state index in [2.05, 4.69) is 86.8 Å². The zero-order valence-electron chi connectivity index (χ0n) is 40.8. The lowest BCUT2D eigenvalue weighted by Gasteiger charge is -2.20. The minimum atomic E-state index is -4.29. The van der Waals surface area contributed by atoms with Crippen LogP contribution in [0.15, 0.2) is 72.9 Å². The lowest BCUT2D eigenvalue weighted by molar-refractivity contribution is -0.154. The molecule has 63 heavy (non-hydrogen) atoms. The van der Waals surface area contributed by atoms with E-state index in [9.17, 15) is 14.3 Å². The molecule has 0 aliphatic carbocycles. The van der Waals surface area contributed by atoms with Gasteiger partial charge in [-0.2, -0.15) is 0 Å². The molecule has 0 amide bonds. The van der Waals surface area contributed by atoms with Gasteiger partial charge < -0.3 is 20.1 Å². The largest absolute Gasteiger partial charge is 0.472 e. The monoisotopic (exact) mass is 904 g/mol. The third-order valence-corrected chi connectivity index (χ3v) is 11.8. The maximum atomic E-state index is 12.7. The van der Waals surface area contributed by atoms with Crippen LogP contribution in [0.3, 0.4) is 0 Å². The maximum Gasteiger partial charge on any atom is 0.472 e. The molecule has 0 radical (unpaired) electrons. The molecule has 0 aliphatic rings. The number of phosphoric acid groups is 1. The average Bonchev–Trinajstić information content (AvgIpc) is 3.28. The Morgan fingerprint density at radius 1 is 0.492 bits per heavy atom. The normalized spacial score (nSPS) is 13.9. The lowest BCUT2D eigenvalue weighted by Crippen LogP contribution is -2.28. The number of carbonyl (C=O) groups excluding carboxylic acids is 1. The highest BCUT2D eigenvalue weighted by molar-refractivity contribution is 7.47. The topological polar surface area (TPSA) is 117 Å². The number of esters is 1. The molecule has 9 heteroatoms. The number of ether oxygens (including phenoxy) is 2. The summed E-state index contributed by atoms with van der Waals surface area (Å²) < 4.78 is 33.6. The van der Waals surface area contributed by atoms with Crippen molar-refractivity contribution in [2.24, 2.45) is 5.73 Å². The number of carbonyl (C=O) groups is 1. The van der Waals surface area contributed by atoms with Crippen molar-refractivity contribution < 1.29 is 32.8 Å². The number of allylic oxidation sites excluding steroid dienone is 12. The molecule has 0 aliphatic heterocycles. The van der Waals surface area contributed by atoms with Crippen LogP contribution in [0.25, 0.3) is 0 Å². The first-order valence-corrected chi connectivity index (χ1v) is 27.4. The molecule has 0 rings (SSSR count). The predicted octanol–water partition coefficient (Wildman–Crippen LogP) is 16.3. The molecular weight excluding hydrogens is 806 g/mol. The van der Waals surface area contributed by atoms with E-state index in [0.29, 0.717) is 13.0 Å². The van der Waals surface area contributed by atoms with E-state index in [-0.39, 0.29) is 32.3 Å². The summed E-state index contributed by atoms with van der Waals surface area (Å²) in [6.07, 6.45) is 65.0. The second-order valence-electron chi connectivity index (χ2n) is 17.0. The molecule has 0 spiro atoms. The van der Waals surface area contributed by atoms with Crippen LogP contribution in [0.2, 0.25) is 0 Å². The number of hydrogen-bond donors (Lipinski definition) is 2. The Morgan fingerprint density at radius 3 is 1.35 bits per heavy atom. The molecule has 0 bridgehead atoms.